The van der Waals surface area contributed by atoms with E-state index in [1.165, 1.54) is 0 Å². The average molecular weight is 428 g/mol. The van der Waals surface area contributed by atoms with Crippen molar-refractivity contribution in [2.45, 2.75) is 13.3 Å². The molecule has 3 aromatic rings. The van der Waals surface area contributed by atoms with Crippen molar-refractivity contribution in [3.05, 3.63) is 84.4 Å². The molecule has 3 aromatic carbocycles. The zero-order valence-electron chi connectivity index (χ0n) is 17.7. The number of rotatable bonds is 5. The Hall–Kier alpha value is -4.13. The molecule has 32 heavy (non-hydrogen) atoms. The molecule has 4 rings (SSSR count). The van der Waals surface area contributed by atoms with Crippen LogP contribution in [0.3, 0.4) is 0 Å². The highest BCUT2D eigenvalue weighted by Gasteiger charge is 2.35. The molecule has 0 saturated carbocycles. The van der Waals surface area contributed by atoms with Gasteiger partial charge >= 0.3 is 6.03 Å². The van der Waals surface area contributed by atoms with Crippen LogP contribution in [0.5, 0.6) is 0 Å². The Balaban J connectivity index is 1.36. The highest BCUT2D eigenvalue weighted by atomic mass is 16.2. The molecular formula is C25H24N4O3. The van der Waals surface area contributed by atoms with Crippen LogP contribution in [0, 0.1) is 12.8 Å². The summed E-state index contributed by atoms with van der Waals surface area (Å²) in [6.07, 6.45) is 0.164. The first-order chi connectivity index (χ1) is 15.5. The topological polar surface area (TPSA) is 90.5 Å². The lowest BCUT2D eigenvalue weighted by molar-refractivity contribution is -0.122. The molecule has 1 fully saturated rings. The van der Waals surface area contributed by atoms with E-state index in [1.54, 1.807) is 41.3 Å². The van der Waals surface area contributed by atoms with E-state index in [4.69, 9.17) is 0 Å². The molecule has 1 unspecified atom stereocenters. The quantitative estimate of drug-likeness (QED) is 0.553. The van der Waals surface area contributed by atoms with E-state index in [2.05, 4.69) is 16.0 Å². The van der Waals surface area contributed by atoms with E-state index in [1.807, 2.05) is 49.4 Å². The monoisotopic (exact) mass is 428 g/mol. The third kappa shape index (κ3) is 5.13. The lowest BCUT2D eigenvalue weighted by Crippen LogP contribution is -2.28. The number of carbonyl (C=O) groups is 3. The number of carbonyl (C=O) groups excluding carboxylic acids is 3. The number of para-hydroxylation sites is 1. The standard InChI is InChI=1S/C25H24N4O3/c1-17-10-12-22(13-11-17)29-16-18(14-23(29)30)24(31)26-20-8-5-9-21(15-20)28-25(32)27-19-6-3-2-4-7-19/h2-13,15,18H,14,16H2,1H3,(H,26,31)(H2,27,28,32). The minimum absolute atomic E-state index is 0.0676. The number of nitrogens with one attached hydrogen (secondary N) is 3. The maximum absolute atomic E-state index is 12.8. The van der Waals surface area contributed by atoms with Crippen molar-refractivity contribution in [2.24, 2.45) is 5.92 Å². The van der Waals surface area contributed by atoms with Gasteiger partial charge in [-0.3, -0.25) is 9.59 Å². The van der Waals surface area contributed by atoms with Crippen LogP contribution in [-0.2, 0) is 9.59 Å². The van der Waals surface area contributed by atoms with Crippen LogP contribution in [-0.4, -0.2) is 24.4 Å². The number of benzene rings is 3. The molecule has 1 aliphatic heterocycles. The fraction of sp³-hybridized carbons (Fsp3) is 0.160. The molecule has 162 valence electrons. The predicted octanol–water partition coefficient (Wildman–Crippen LogP) is 4.63. The van der Waals surface area contributed by atoms with Crippen molar-refractivity contribution in [1.82, 2.24) is 0 Å². The molecule has 3 N–H and O–H groups in total. The first kappa shape index (κ1) is 21.1. The summed E-state index contributed by atoms with van der Waals surface area (Å²) in [5.74, 6) is -0.734. The number of anilines is 4. The molecule has 0 bridgehead atoms. The summed E-state index contributed by atoms with van der Waals surface area (Å²) in [6, 6.07) is 23.3. The number of hydrogen-bond donors (Lipinski definition) is 3. The Labute approximate surface area is 186 Å². The summed E-state index contributed by atoms with van der Waals surface area (Å²) in [4.78, 5) is 39.1. The fourth-order valence-electron chi connectivity index (χ4n) is 3.59. The summed E-state index contributed by atoms with van der Waals surface area (Å²) in [5.41, 5.74) is 3.68. The molecule has 4 amide bonds. The minimum atomic E-state index is -0.443. The fourth-order valence-corrected chi connectivity index (χ4v) is 3.59. The van der Waals surface area contributed by atoms with E-state index < -0.39 is 5.92 Å². The number of aryl methyl sites for hydroxylation is 1. The zero-order chi connectivity index (χ0) is 22.5. The molecule has 1 heterocycles. The van der Waals surface area contributed by atoms with Crippen LogP contribution >= 0.6 is 0 Å². The Morgan fingerprint density at radius 2 is 1.44 bits per heavy atom. The molecule has 0 aromatic heterocycles. The lowest BCUT2D eigenvalue weighted by Gasteiger charge is -2.17. The summed E-state index contributed by atoms with van der Waals surface area (Å²) >= 11 is 0. The SMILES string of the molecule is Cc1ccc(N2CC(C(=O)Nc3cccc(NC(=O)Nc4ccccc4)c3)CC2=O)cc1. The third-order valence-corrected chi connectivity index (χ3v) is 5.26. The van der Waals surface area contributed by atoms with Gasteiger partial charge in [-0.15, -0.1) is 0 Å². The molecule has 0 spiro atoms. The molecule has 1 atom stereocenters. The second-order valence-corrected chi connectivity index (χ2v) is 7.76. The van der Waals surface area contributed by atoms with Gasteiger partial charge in [0.05, 0.1) is 5.92 Å². The smallest absolute Gasteiger partial charge is 0.323 e. The summed E-state index contributed by atoms with van der Waals surface area (Å²) in [5, 5.41) is 8.35. The van der Waals surface area contributed by atoms with Crippen molar-refractivity contribution >= 4 is 40.6 Å². The highest BCUT2D eigenvalue weighted by molar-refractivity contribution is 6.04. The maximum atomic E-state index is 12.8. The first-order valence-electron chi connectivity index (χ1n) is 10.4. The Kier molecular flexibility index (Phi) is 6.17. The van der Waals surface area contributed by atoms with Crippen LogP contribution in [0.15, 0.2) is 78.9 Å². The Morgan fingerprint density at radius 3 is 2.16 bits per heavy atom. The van der Waals surface area contributed by atoms with E-state index in [0.717, 1.165) is 11.3 Å². The molecule has 0 radical (unpaired) electrons. The van der Waals surface area contributed by atoms with Crippen LogP contribution in [0.2, 0.25) is 0 Å². The second-order valence-electron chi connectivity index (χ2n) is 7.76. The van der Waals surface area contributed by atoms with Gasteiger partial charge in [-0.05, 0) is 49.4 Å². The number of nitrogens with zero attached hydrogens (tertiary/aromatic N) is 1. The normalized spacial score (nSPS) is 15.3. The molecule has 0 aliphatic carbocycles. The Morgan fingerprint density at radius 1 is 0.812 bits per heavy atom. The third-order valence-electron chi connectivity index (χ3n) is 5.26. The molecular weight excluding hydrogens is 404 g/mol. The van der Waals surface area contributed by atoms with E-state index in [-0.39, 0.29) is 24.3 Å². The summed E-state index contributed by atoms with van der Waals surface area (Å²) < 4.78 is 0. The molecule has 7 nitrogen and oxygen atoms in total. The second kappa shape index (κ2) is 9.34. The number of urea groups is 1. The minimum Gasteiger partial charge on any atom is -0.326 e. The first-order valence-corrected chi connectivity index (χ1v) is 10.4. The number of amides is 4. The zero-order valence-corrected chi connectivity index (χ0v) is 17.7. The van der Waals surface area contributed by atoms with Gasteiger partial charge in [0.25, 0.3) is 0 Å². The van der Waals surface area contributed by atoms with Crippen LogP contribution < -0.4 is 20.9 Å². The summed E-state index contributed by atoms with van der Waals surface area (Å²) in [7, 11) is 0. The molecule has 1 aliphatic rings. The Bertz CT molecular complexity index is 1130. The van der Waals surface area contributed by atoms with Gasteiger partial charge in [-0.1, -0.05) is 42.0 Å². The number of hydrogen-bond acceptors (Lipinski definition) is 3. The van der Waals surface area contributed by atoms with Gasteiger partial charge in [-0.25, -0.2) is 4.79 Å². The van der Waals surface area contributed by atoms with Crippen LogP contribution in [0.4, 0.5) is 27.5 Å². The highest BCUT2D eigenvalue weighted by Crippen LogP contribution is 2.26. The van der Waals surface area contributed by atoms with Crippen LogP contribution in [0.1, 0.15) is 12.0 Å². The van der Waals surface area contributed by atoms with Crippen molar-refractivity contribution in [3.63, 3.8) is 0 Å². The van der Waals surface area contributed by atoms with Crippen molar-refractivity contribution in [2.75, 3.05) is 27.4 Å². The van der Waals surface area contributed by atoms with Gasteiger partial charge in [0.15, 0.2) is 0 Å². The van der Waals surface area contributed by atoms with Gasteiger partial charge in [-0.2, -0.15) is 0 Å². The largest absolute Gasteiger partial charge is 0.326 e. The lowest BCUT2D eigenvalue weighted by atomic mass is 10.1. The van der Waals surface area contributed by atoms with E-state index in [0.29, 0.717) is 23.6 Å². The maximum Gasteiger partial charge on any atom is 0.323 e. The van der Waals surface area contributed by atoms with Crippen LogP contribution in [0.25, 0.3) is 0 Å². The summed E-state index contributed by atoms with van der Waals surface area (Å²) in [6.45, 7) is 2.32. The predicted molar refractivity (Wildman–Crippen MR) is 126 cm³/mol. The van der Waals surface area contributed by atoms with Gasteiger partial charge in [0, 0.05) is 35.7 Å². The molecule has 7 heteroatoms. The van der Waals surface area contributed by atoms with Crippen molar-refractivity contribution in [1.29, 1.82) is 0 Å². The van der Waals surface area contributed by atoms with Gasteiger partial charge in [0.1, 0.15) is 0 Å². The van der Waals surface area contributed by atoms with Crippen molar-refractivity contribution < 1.29 is 14.4 Å². The van der Waals surface area contributed by atoms with Crippen molar-refractivity contribution in [3.8, 4) is 0 Å². The average Bonchev–Trinajstić information content (AvgIpc) is 3.17. The van der Waals surface area contributed by atoms with E-state index in [9.17, 15) is 14.4 Å². The molecule has 1 saturated heterocycles. The van der Waals surface area contributed by atoms with Gasteiger partial charge in [0.2, 0.25) is 11.8 Å². The van der Waals surface area contributed by atoms with Gasteiger partial charge < -0.3 is 20.9 Å². The van der Waals surface area contributed by atoms with E-state index >= 15 is 0 Å².